The van der Waals surface area contributed by atoms with E-state index in [-0.39, 0.29) is 17.3 Å². The predicted molar refractivity (Wildman–Crippen MR) is 117 cm³/mol. The number of carbonyl (C=O) groups excluding carboxylic acids is 1. The molecule has 0 spiro atoms. The number of amides is 1. The molecule has 0 atom stereocenters. The summed E-state index contributed by atoms with van der Waals surface area (Å²) in [7, 11) is -3.64. The van der Waals surface area contributed by atoms with E-state index >= 15 is 0 Å². The zero-order chi connectivity index (χ0) is 21.6. The summed E-state index contributed by atoms with van der Waals surface area (Å²) in [5.41, 5.74) is 0.548. The molecule has 0 saturated carbocycles. The Morgan fingerprint density at radius 2 is 1.77 bits per heavy atom. The molecule has 1 fully saturated rings. The highest BCUT2D eigenvalue weighted by atomic mass is 32.2. The van der Waals surface area contributed by atoms with E-state index in [1.807, 2.05) is 13.0 Å². The minimum absolute atomic E-state index is 0.141. The fourth-order valence-electron chi connectivity index (χ4n) is 3.31. The van der Waals surface area contributed by atoms with Gasteiger partial charge in [0, 0.05) is 44.9 Å². The van der Waals surface area contributed by atoms with Crippen molar-refractivity contribution in [3.63, 3.8) is 0 Å². The third-order valence-electron chi connectivity index (χ3n) is 4.71. The van der Waals surface area contributed by atoms with Crippen LogP contribution < -0.4 is 20.3 Å². The molecule has 9 nitrogen and oxygen atoms in total. The minimum atomic E-state index is -3.64. The number of nitrogens with zero attached hydrogens (tertiary/aromatic N) is 3. The molecule has 2 heterocycles. The molecular formula is C20H28N6O3S. The van der Waals surface area contributed by atoms with E-state index in [1.165, 1.54) is 38.3 Å². The fraction of sp³-hybridized carbons (Fsp3) is 0.450. The SMILES string of the molecule is CC(=O)Nc1ccc(S(=O)(=O)NCCNc2cc(N3CCCCC3)nc(C)n2)cc1. The van der Waals surface area contributed by atoms with Gasteiger partial charge in [-0.15, -0.1) is 0 Å². The van der Waals surface area contributed by atoms with Crippen LogP contribution in [0.25, 0.3) is 0 Å². The van der Waals surface area contributed by atoms with Crippen molar-refractivity contribution in [2.24, 2.45) is 0 Å². The molecule has 3 N–H and O–H groups in total. The van der Waals surface area contributed by atoms with E-state index in [1.54, 1.807) is 12.1 Å². The lowest BCUT2D eigenvalue weighted by molar-refractivity contribution is -0.114. The van der Waals surface area contributed by atoms with E-state index in [0.29, 0.717) is 23.9 Å². The monoisotopic (exact) mass is 432 g/mol. The second-order valence-electron chi connectivity index (χ2n) is 7.24. The van der Waals surface area contributed by atoms with Crippen LogP contribution in [0.15, 0.2) is 35.2 Å². The number of carbonyl (C=O) groups is 1. The first-order chi connectivity index (χ1) is 14.3. The summed E-state index contributed by atoms with van der Waals surface area (Å²) in [4.78, 5) is 22.4. The van der Waals surface area contributed by atoms with Gasteiger partial charge in [-0.2, -0.15) is 0 Å². The van der Waals surface area contributed by atoms with Crippen LogP contribution in [-0.2, 0) is 14.8 Å². The van der Waals surface area contributed by atoms with Gasteiger partial charge in [0.2, 0.25) is 15.9 Å². The van der Waals surface area contributed by atoms with E-state index in [2.05, 4.69) is 30.2 Å². The molecule has 30 heavy (non-hydrogen) atoms. The number of aryl methyl sites for hydroxylation is 1. The first-order valence-electron chi connectivity index (χ1n) is 10.1. The highest BCUT2D eigenvalue weighted by Gasteiger charge is 2.15. The molecule has 1 aliphatic heterocycles. The average molecular weight is 433 g/mol. The summed E-state index contributed by atoms with van der Waals surface area (Å²) < 4.78 is 27.4. The Labute approximate surface area is 177 Å². The molecule has 0 radical (unpaired) electrons. The van der Waals surface area contributed by atoms with Gasteiger partial charge in [0.15, 0.2) is 0 Å². The van der Waals surface area contributed by atoms with Gasteiger partial charge in [0.25, 0.3) is 0 Å². The lowest BCUT2D eigenvalue weighted by Gasteiger charge is -2.28. The van der Waals surface area contributed by atoms with Crippen LogP contribution in [0.4, 0.5) is 17.3 Å². The maximum Gasteiger partial charge on any atom is 0.240 e. The van der Waals surface area contributed by atoms with Crippen LogP contribution in [0, 0.1) is 6.92 Å². The van der Waals surface area contributed by atoms with Gasteiger partial charge < -0.3 is 15.5 Å². The van der Waals surface area contributed by atoms with Gasteiger partial charge in [-0.1, -0.05) is 0 Å². The summed E-state index contributed by atoms with van der Waals surface area (Å²) in [5, 5.41) is 5.77. The van der Waals surface area contributed by atoms with Crippen molar-refractivity contribution in [2.45, 2.75) is 38.0 Å². The van der Waals surface area contributed by atoms with Crippen molar-refractivity contribution >= 4 is 33.3 Å². The lowest BCUT2D eigenvalue weighted by atomic mass is 10.1. The number of aromatic nitrogens is 2. The second-order valence-corrected chi connectivity index (χ2v) is 9.00. The molecule has 0 bridgehead atoms. The molecule has 0 aliphatic carbocycles. The molecule has 1 aliphatic rings. The number of hydrogen-bond donors (Lipinski definition) is 3. The standard InChI is InChI=1S/C20H28N6O3S/c1-15-23-19(14-20(24-15)26-12-4-3-5-13-26)21-10-11-22-30(28,29)18-8-6-17(7-9-18)25-16(2)27/h6-9,14,22H,3-5,10-13H2,1-2H3,(H,25,27)(H,21,23,24). The van der Waals surface area contributed by atoms with Crippen LogP contribution in [0.2, 0.25) is 0 Å². The van der Waals surface area contributed by atoms with Gasteiger partial charge in [0.05, 0.1) is 4.90 Å². The van der Waals surface area contributed by atoms with Gasteiger partial charge in [-0.05, 0) is 50.5 Å². The predicted octanol–water partition coefficient (Wildman–Crippen LogP) is 2.12. The van der Waals surface area contributed by atoms with E-state index in [4.69, 9.17) is 0 Å². The number of hydrogen-bond acceptors (Lipinski definition) is 7. The second kappa shape index (κ2) is 9.86. The van der Waals surface area contributed by atoms with Crippen molar-refractivity contribution in [1.82, 2.24) is 14.7 Å². The van der Waals surface area contributed by atoms with Crippen molar-refractivity contribution in [3.05, 3.63) is 36.2 Å². The van der Waals surface area contributed by atoms with E-state index < -0.39 is 10.0 Å². The lowest BCUT2D eigenvalue weighted by Crippen LogP contribution is -2.31. The third-order valence-corrected chi connectivity index (χ3v) is 6.19. The first kappa shape index (κ1) is 22.0. The summed E-state index contributed by atoms with van der Waals surface area (Å²) in [6.07, 6.45) is 3.58. The Bertz CT molecular complexity index is 973. The summed E-state index contributed by atoms with van der Waals surface area (Å²) in [6, 6.07) is 7.94. The number of rotatable bonds is 8. The average Bonchev–Trinajstić information content (AvgIpc) is 2.71. The van der Waals surface area contributed by atoms with Crippen LogP contribution in [0.3, 0.4) is 0 Å². The minimum Gasteiger partial charge on any atom is -0.369 e. The zero-order valence-electron chi connectivity index (χ0n) is 17.3. The van der Waals surface area contributed by atoms with Crippen LogP contribution in [0.5, 0.6) is 0 Å². The maximum absolute atomic E-state index is 12.4. The van der Waals surface area contributed by atoms with E-state index in [9.17, 15) is 13.2 Å². The molecule has 1 aromatic heterocycles. The zero-order valence-corrected chi connectivity index (χ0v) is 18.1. The summed E-state index contributed by atoms with van der Waals surface area (Å²) in [6.45, 7) is 5.84. The van der Waals surface area contributed by atoms with Gasteiger partial charge in [0.1, 0.15) is 17.5 Å². The van der Waals surface area contributed by atoms with Gasteiger partial charge in [-0.3, -0.25) is 4.79 Å². The Morgan fingerprint density at radius 1 is 1.07 bits per heavy atom. The Hall–Kier alpha value is -2.72. The Morgan fingerprint density at radius 3 is 2.43 bits per heavy atom. The van der Waals surface area contributed by atoms with Crippen LogP contribution in [0.1, 0.15) is 32.0 Å². The third kappa shape index (κ3) is 6.14. The molecule has 1 amide bonds. The molecular weight excluding hydrogens is 404 g/mol. The molecule has 1 saturated heterocycles. The molecule has 2 aromatic rings. The topological polar surface area (TPSA) is 116 Å². The largest absolute Gasteiger partial charge is 0.369 e. The molecule has 3 rings (SSSR count). The molecule has 162 valence electrons. The normalized spacial score (nSPS) is 14.4. The smallest absolute Gasteiger partial charge is 0.240 e. The number of benzene rings is 1. The van der Waals surface area contributed by atoms with Crippen molar-refractivity contribution in [3.8, 4) is 0 Å². The first-order valence-corrected chi connectivity index (χ1v) is 11.5. The number of anilines is 3. The highest BCUT2D eigenvalue weighted by Crippen LogP contribution is 2.20. The van der Waals surface area contributed by atoms with E-state index in [0.717, 1.165) is 18.9 Å². The number of sulfonamides is 1. The van der Waals surface area contributed by atoms with Crippen molar-refractivity contribution < 1.29 is 13.2 Å². The van der Waals surface area contributed by atoms with Gasteiger partial charge in [-0.25, -0.2) is 23.1 Å². The summed E-state index contributed by atoms with van der Waals surface area (Å²) in [5.74, 6) is 2.06. The van der Waals surface area contributed by atoms with Gasteiger partial charge >= 0.3 is 0 Å². The maximum atomic E-state index is 12.4. The Kier molecular flexibility index (Phi) is 7.22. The van der Waals surface area contributed by atoms with Crippen molar-refractivity contribution in [2.75, 3.05) is 41.7 Å². The van der Waals surface area contributed by atoms with Crippen LogP contribution >= 0.6 is 0 Å². The summed E-state index contributed by atoms with van der Waals surface area (Å²) >= 11 is 0. The van der Waals surface area contributed by atoms with Crippen molar-refractivity contribution in [1.29, 1.82) is 0 Å². The molecule has 1 aromatic carbocycles. The number of nitrogens with one attached hydrogen (secondary N) is 3. The van der Waals surface area contributed by atoms with Crippen LogP contribution in [-0.4, -0.2) is 50.5 Å². The number of piperidine rings is 1. The molecule has 0 unspecified atom stereocenters. The highest BCUT2D eigenvalue weighted by molar-refractivity contribution is 7.89. The quantitative estimate of drug-likeness (QED) is 0.547. The Balaban J connectivity index is 1.53. The molecule has 10 heteroatoms. The fourth-order valence-corrected chi connectivity index (χ4v) is 4.34.